The molecule has 1 aromatic heterocycles. The molecule has 0 aliphatic rings. The fourth-order valence-electron chi connectivity index (χ4n) is 2.21. The molecule has 0 saturated carbocycles. The van der Waals surface area contributed by atoms with Crippen molar-refractivity contribution < 1.29 is 23.9 Å². The van der Waals surface area contributed by atoms with Crippen LogP contribution < -0.4 is 20.7 Å². The van der Waals surface area contributed by atoms with Crippen molar-refractivity contribution in [3.8, 4) is 5.75 Å². The Hall–Kier alpha value is -3.40. The third-order valence-electron chi connectivity index (χ3n) is 3.77. The lowest BCUT2D eigenvalue weighted by Crippen LogP contribution is -2.44. The van der Waals surface area contributed by atoms with Crippen molar-refractivity contribution in [2.75, 3.05) is 39.1 Å². The van der Waals surface area contributed by atoms with Crippen LogP contribution in [-0.4, -0.2) is 62.3 Å². The Balaban J connectivity index is 1.68. The molecule has 29 heavy (non-hydrogen) atoms. The minimum absolute atomic E-state index is 0.171. The van der Waals surface area contributed by atoms with E-state index in [1.54, 1.807) is 48.9 Å². The van der Waals surface area contributed by atoms with E-state index < -0.39 is 11.8 Å². The summed E-state index contributed by atoms with van der Waals surface area (Å²) in [7, 11) is 3.01. The summed E-state index contributed by atoms with van der Waals surface area (Å²) < 4.78 is 5.04. The lowest BCUT2D eigenvalue weighted by Gasteiger charge is -2.17. The third-order valence-corrected chi connectivity index (χ3v) is 4.64. The van der Waals surface area contributed by atoms with Crippen LogP contribution >= 0.6 is 11.3 Å². The van der Waals surface area contributed by atoms with Gasteiger partial charge in [0.1, 0.15) is 5.75 Å². The summed E-state index contributed by atoms with van der Waals surface area (Å²) in [5.74, 6) is -1.00. The Morgan fingerprint density at radius 2 is 1.72 bits per heavy atom. The highest BCUT2D eigenvalue weighted by molar-refractivity contribution is 7.12. The number of hydrogen-bond donors (Lipinski definition) is 3. The predicted octanol–water partition coefficient (Wildman–Crippen LogP) is 0.700. The number of anilines is 1. The Bertz CT molecular complexity index is 852. The van der Waals surface area contributed by atoms with Crippen molar-refractivity contribution in [1.82, 2.24) is 15.5 Å². The molecule has 0 radical (unpaired) electrons. The summed E-state index contributed by atoms with van der Waals surface area (Å²) in [5.41, 5.74) is 0.575. The maximum absolute atomic E-state index is 12.1. The summed E-state index contributed by atoms with van der Waals surface area (Å²) >= 11 is 1.26. The number of nitrogens with zero attached hydrogens (tertiary/aromatic N) is 1. The summed E-state index contributed by atoms with van der Waals surface area (Å²) in [6.45, 7) is -0.693. The van der Waals surface area contributed by atoms with E-state index in [2.05, 4.69) is 16.0 Å². The standard InChI is InChI=1S/C19H22N4O5S/c1-23(12-17(25)22-13-5-7-14(28-2)8-6-13)18(26)11-20-16(24)10-21-19(27)15-4-3-9-29-15/h3-9H,10-12H2,1-2H3,(H,20,24)(H,21,27)(H,22,25). The largest absolute Gasteiger partial charge is 0.497 e. The monoisotopic (exact) mass is 418 g/mol. The lowest BCUT2D eigenvalue weighted by atomic mass is 10.3. The zero-order valence-corrected chi connectivity index (χ0v) is 16.9. The van der Waals surface area contributed by atoms with Crippen LogP contribution in [0, 0.1) is 0 Å². The van der Waals surface area contributed by atoms with Crippen LogP contribution in [-0.2, 0) is 14.4 Å². The number of hydrogen-bond acceptors (Lipinski definition) is 6. The first-order valence-corrected chi connectivity index (χ1v) is 9.53. The highest BCUT2D eigenvalue weighted by Gasteiger charge is 2.15. The van der Waals surface area contributed by atoms with Crippen LogP contribution in [0.2, 0.25) is 0 Å². The average Bonchev–Trinajstić information content (AvgIpc) is 3.25. The number of amides is 4. The van der Waals surface area contributed by atoms with Crippen molar-refractivity contribution in [2.45, 2.75) is 0 Å². The Morgan fingerprint density at radius 1 is 1.00 bits per heavy atom. The molecule has 2 rings (SSSR count). The molecule has 0 spiro atoms. The molecule has 0 aliphatic heterocycles. The molecule has 1 heterocycles. The second-order valence-electron chi connectivity index (χ2n) is 5.96. The molecule has 154 valence electrons. The van der Waals surface area contributed by atoms with Gasteiger partial charge in [0.25, 0.3) is 5.91 Å². The number of ether oxygens (including phenoxy) is 1. The van der Waals surface area contributed by atoms with Crippen molar-refractivity contribution in [2.24, 2.45) is 0 Å². The smallest absolute Gasteiger partial charge is 0.261 e. The number of likely N-dealkylation sites (N-methyl/N-ethyl adjacent to an activating group) is 1. The van der Waals surface area contributed by atoms with Crippen LogP contribution in [0.25, 0.3) is 0 Å². The first kappa shape index (κ1) is 21.9. The van der Waals surface area contributed by atoms with E-state index in [0.29, 0.717) is 16.3 Å². The molecule has 4 amide bonds. The van der Waals surface area contributed by atoms with E-state index in [1.165, 1.54) is 23.3 Å². The highest BCUT2D eigenvalue weighted by Crippen LogP contribution is 2.14. The Labute approximate surface area is 172 Å². The maximum atomic E-state index is 12.1. The van der Waals surface area contributed by atoms with Crippen molar-refractivity contribution in [3.05, 3.63) is 46.7 Å². The van der Waals surface area contributed by atoms with Gasteiger partial charge in [-0.1, -0.05) is 6.07 Å². The second-order valence-corrected chi connectivity index (χ2v) is 6.91. The summed E-state index contributed by atoms with van der Waals surface area (Å²) in [6, 6.07) is 10.2. The van der Waals surface area contributed by atoms with Crippen molar-refractivity contribution in [3.63, 3.8) is 0 Å². The Morgan fingerprint density at radius 3 is 2.34 bits per heavy atom. The Kier molecular flexibility index (Phi) is 8.16. The van der Waals surface area contributed by atoms with E-state index in [1.807, 2.05) is 0 Å². The molecule has 0 unspecified atom stereocenters. The topological polar surface area (TPSA) is 117 Å². The maximum Gasteiger partial charge on any atom is 0.261 e. The molecule has 2 aromatic rings. The normalized spacial score (nSPS) is 10.0. The number of rotatable bonds is 9. The predicted molar refractivity (Wildman–Crippen MR) is 109 cm³/mol. The van der Waals surface area contributed by atoms with Gasteiger partial charge in [-0.25, -0.2) is 0 Å². The van der Waals surface area contributed by atoms with E-state index in [9.17, 15) is 19.2 Å². The number of carbonyl (C=O) groups is 4. The van der Waals surface area contributed by atoms with Crippen molar-refractivity contribution >= 4 is 40.7 Å². The van der Waals surface area contributed by atoms with E-state index in [-0.39, 0.29) is 31.4 Å². The zero-order chi connectivity index (χ0) is 21.2. The van der Waals surface area contributed by atoms with Crippen LogP contribution in [0.4, 0.5) is 5.69 Å². The molecule has 0 atom stereocenters. The molecule has 1 aromatic carbocycles. The molecule has 0 aliphatic carbocycles. The summed E-state index contributed by atoms with van der Waals surface area (Å²) in [4.78, 5) is 49.3. The molecule has 10 heteroatoms. The van der Waals surface area contributed by atoms with Gasteiger partial charge in [0, 0.05) is 12.7 Å². The van der Waals surface area contributed by atoms with Gasteiger partial charge in [0.05, 0.1) is 31.6 Å². The summed E-state index contributed by atoms with van der Waals surface area (Å²) in [5, 5.41) is 9.31. The number of carbonyl (C=O) groups excluding carboxylic acids is 4. The zero-order valence-electron chi connectivity index (χ0n) is 16.1. The molecule has 9 nitrogen and oxygen atoms in total. The fraction of sp³-hybridized carbons (Fsp3) is 0.263. The number of methoxy groups -OCH3 is 1. The molecular formula is C19H22N4O5S. The van der Waals surface area contributed by atoms with Gasteiger partial charge in [-0.3, -0.25) is 19.2 Å². The van der Waals surface area contributed by atoms with Crippen LogP contribution in [0.3, 0.4) is 0 Å². The van der Waals surface area contributed by atoms with Crippen molar-refractivity contribution in [1.29, 1.82) is 0 Å². The van der Waals surface area contributed by atoms with E-state index >= 15 is 0 Å². The van der Waals surface area contributed by atoms with Gasteiger partial charge >= 0.3 is 0 Å². The number of thiophene rings is 1. The molecular weight excluding hydrogens is 396 g/mol. The van der Waals surface area contributed by atoms with Gasteiger partial charge in [-0.15, -0.1) is 11.3 Å². The molecule has 3 N–H and O–H groups in total. The van der Waals surface area contributed by atoms with Crippen LogP contribution in [0.1, 0.15) is 9.67 Å². The third kappa shape index (κ3) is 7.26. The minimum Gasteiger partial charge on any atom is -0.497 e. The lowest BCUT2D eigenvalue weighted by molar-refractivity contribution is -0.134. The van der Waals surface area contributed by atoms with Crippen LogP contribution in [0.5, 0.6) is 5.75 Å². The second kappa shape index (κ2) is 10.8. The van der Waals surface area contributed by atoms with E-state index in [4.69, 9.17) is 4.74 Å². The number of benzene rings is 1. The van der Waals surface area contributed by atoms with Crippen LogP contribution in [0.15, 0.2) is 41.8 Å². The van der Waals surface area contributed by atoms with Gasteiger partial charge in [0.2, 0.25) is 17.7 Å². The van der Waals surface area contributed by atoms with Gasteiger partial charge in [0.15, 0.2) is 0 Å². The molecule has 0 saturated heterocycles. The minimum atomic E-state index is -0.501. The number of nitrogens with one attached hydrogen (secondary N) is 3. The van der Waals surface area contributed by atoms with Gasteiger partial charge in [-0.2, -0.15) is 0 Å². The first-order valence-electron chi connectivity index (χ1n) is 8.65. The first-order chi connectivity index (χ1) is 13.9. The van der Waals surface area contributed by atoms with Gasteiger partial charge in [-0.05, 0) is 35.7 Å². The fourth-order valence-corrected chi connectivity index (χ4v) is 2.85. The molecule has 0 fully saturated rings. The van der Waals surface area contributed by atoms with E-state index in [0.717, 1.165) is 0 Å². The average molecular weight is 418 g/mol. The quantitative estimate of drug-likeness (QED) is 0.554. The highest BCUT2D eigenvalue weighted by atomic mass is 32.1. The summed E-state index contributed by atoms with van der Waals surface area (Å²) in [6.07, 6.45) is 0. The van der Waals surface area contributed by atoms with Gasteiger partial charge < -0.3 is 25.6 Å². The molecule has 0 bridgehead atoms. The SMILES string of the molecule is COc1ccc(NC(=O)CN(C)C(=O)CNC(=O)CNC(=O)c2cccs2)cc1.